The van der Waals surface area contributed by atoms with E-state index >= 15 is 0 Å². The Hall–Kier alpha value is -1.84. The molecule has 0 saturated heterocycles. The molecule has 1 aromatic carbocycles. The van der Waals surface area contributed by atoms with Gasteiger partial charge < -0.3 is 5.11 Å². The zero-order valence-electron chi connectivity index (χ0n) is 7.61. The van der Waals surface area contributed by atoms with E-state index in [4.69, 9.17) is 0 Å². The fourth-order valence-electron chi connectivity index (χ4n) is 1.35. The van der Waals surface area contributed by atoms with Crippen LogP contribution in [0.25, 0.3) is 11.3 Å². The van der Waals surface area contributed by atoms with E-state index in [1.165, 1.54) is 18.2 Å². The van der Waals surface area contributed by atoms with E-state index in [1.807, 2.05) is 0 Å². The lowest BCUT2D eigenvalue weighted by Gasteiger charge is -2.03. The van der Waals surface area contributed by atoms with Gasteiger partial charge in [0.2, 0.25) is 0 Å². The van der Waals surface area contributed by atoms with Crippen LogP contribution in [0.15, 0.2) is 30.5 Å². The summed E-state index contributed by atoms with van der Waals surface area (Å²) in [4.78, 5) is 0. The van der Waals surface area contributed by atoms with Gasteiger partial charge in [-0.1, -0.05) is 0 Å². The standard InChI is InChI=1S/C10H9FN2O/c1-13-10(4-5-12-13)8-6-7(14)2-3-9(8)11/h2-6,14H,1H3. The monoisotopic (exact) mass is 192 g/mol. The van der Waals surface area contributed by atoms with Crippen molar-refractivity contribution in [3.8, 4) is 17.0 Å². The van der Waals surface area contributed by atoms with Gasteiger partial charge >= 0.3 is 0 Å². The first-order valence-electron chi connectivity index (χ1n) is 4.15. The van der Waals surface area contributed by atoms with Gasteiger partial charge in [-0.15, -0.1) is 0 Å². The van der Waals surface area contributed by atoms with Crippen molar-refractivity contribution in [1.29, 1.82) is 0 Å². The third-order valence-corrected chi connectivity index (χ3v) is 2.05. The minimum absolute atomic E-state index is 0.0441. The predicted molar refractivity (Wildman–Crippen MR) is 50.3 cm³/mol. The van der Waals surface area contributed by atoms with Crippen molar-refractivity contribution in [3.63, 3.8) is 0 Å². The highest BCUT2D eigenvalue weighted by atomic mass is 19.1. The summed E-state index contributed by atoms with van der Waals surface area (Å²) in [5.41, 5.74) is 0.989. The summed E-state index contributed by atoms with van der Waals surface area (Å²) in [6.45, 7) is 0. The molecule has 0 spiro atoms. The molecule has 0 saturated carbocycles. The molecular weight excluding hydrogens is 183 g/mol. The highest BCUT2D eigenvalue weighted by molar-refractivity contribution is 5.61. The summed E-state index contributed by atoms with van der Waals surface area (Å²) in [6.07, 6.45) is 1.58. The molecule has 0 bridgehead atoms. The highest BCUT2D eigenvalue weighted by Gasteiger charge is 2.08. The van der Waals surface area contributed by atoms with Crippen LogP contribution >= 0.6 is 0 Å². The van der Waals surface area contributed by atoms with Crippen molar-refractivity contribution in [1.82, 2.24) is 9.78 Å². The van der Waals surface area contributed by atoms with Gasteiger partial charge in [-0.3, -0.25) is 4.68 Å². The minimum Gasteiger partial charge on any atom is -0.508 e. The van der Waals surface area contributed by atoms with Crippen molar-refractivity contribution < 1.29 is 9.50 Å². The number of aromatic nitrogens is 2. The Morgan fingerprint density at radius 1 is 1.36 bits per heavy atom. The molecule has 0 aliphatic heterocycles. The topological polar surface area (TPSA) is 38.0 Å². The zero-order valence-corrected chi connectivity index (χ0v) is 7.61. The lowest BCUT2D eigenvalue weighted by molar-refractivity contribution is 0.473. The number of rotatable bonds is 1. The summed E-state index contributed by atoms with van der Waals surface area (Å²) < 4.78 is 14.9. The molecular formula is C10H9FN2O. The number of phenols is 1. The Morgan fingerprint density at radius 2 is 2.14 bits per heavy atom. The molecule has 0 radical (unpaired) electrons. The van der Waals surface area contributed by atoms with Gasteiger partial charge in [-0.05, 0) is 24.3 Å². The second-order valence-corrected chi connectivity index (χ2v) is 3.00. The second kappa shape index (κ2) is 3.14. The van der Waals surface area contributed by atoms with Gasteiger partial charge in [0.15, 0.2) is 0 Å². The fraction of sp³-hybridized carbons (Fsp3) is 0.100. The Bertz CT molecular complexity index is 465. The Labute approximate surface area is 80.4 Å². The van der Waals surface area contributed by atoms with Crippen LogP contribution in [0.5, 0.6) is 5.75 Å². The van der Waals surface area contributed by atoms with Crippen molar-refractivity contribution in [2.45, 2.75) is 0 Å². The highest BCUT2D eigenvalue weighted by Crippen LogP contribution is 2.25. The quantitative estimate of drug-likeness (QED) is 0.749. The van der Waals surface area contributed by atoms with Gasteiger partial charge in [0.05, 0.1) is 5.69 Å². The maximum atomic E-state index is 13.4. The van der Waals surface area contributed by atoms with Crippen molar-refractivity contribution in [2.24, 2.45) is 7.05 Å². The maximum Gasteiger partial charge on any atom is 0.132 e. The summed E-state index contributed by atoms with van der Waals surface area (Å²) in [6, 6.07) is 5.62. The molecule has 1 N–H and O–H groups in total. The smallest absolute Gasteiger partial charge is 0.132 e. The molecule has 0 fully saturated rings. The van der Waals surface area contributed by atoms with Gasteiger partial charge in [-0.2, -0.15) is 5.10 Å². The van der Waals surface area contributed by atoms with Crippen LogP contribution < -0.4 is 0 Å². The summed E-state index contributed by atoms with van der Waals surface area (Å²) in [5, 5.41) is 13.2. The van der Waals surface area contributed by atoms with Crippen LogP contribution in [0.1, 0.15) is 0 Å². The zero-order chi connectivity index (χ0) is 10.1. The van der Waals surface area contributed by atoms with Crippen molar-refractivity contribution in [2.75, 3.05) is 0 Å². The van der Waals surface area contributed by atoms with E-state index in [9.17, 15) is 9.50 Å². The maximum absolute atomic E-state index is 13.4. The van der Waals surface area contributed by atoms with Gasteiger partial charge in [0.1, 0.15) is 11.6 Å². The average Bonchev–Trinajstić information content (AvgIpc) is 2.56. The van der Waals surface area contributed by atoms with Crippen LogP contribution in [0.2, 0.25) is 0 Å². The summed E-state index contributed by atoms with van der Waals surface area (Å²) >= 11 is 0. The number of nitrogens with zero attached hydrogens (tertiary/aromatic N) is 2. The minimum atomic E-state index is -0.369. The van der Waals surface area contributed by atoms with E-state index in [-0.39, 0.29) is 11.6 Å². The normalized spacial score (nSPS) is 10.4. The molecule has 2 aromatic rings. The summed E-state index contributed by atoms with van der Waals surface area (Å²) in [7, 11) is 1.72. The predicted octanol–water partition coefficient (Wildman–Crippen LogP) is 1.93. The Kier molecular flexibility index (Phi) is 1.96. The van der Waals surface area contributed by atoms with E-state index < -0.39 is 0 Å². The molecule has 0 aliphatic carbocycles. The third kappa shape index (κ3) is 1.35. The van der Waals surface area contributed by atoms with E-state index in [1.54, 1.807) is 24.0 Å². The lowest BCUT2D eigenvalue weighted by atomic mass is 10.1. The molecule has 0 unspecified atom stereocenters. The van der Waals surface area contributed by atoms with Gasteiger partial charge in [0.25, 0.3) is 0 Å². The number of hydrogen-bond donors (Lipinski definition) is 1. The molecule has 2 rings (SSSR count). The molecule has 0 aliphatic rings. The van der Waals surface area contributed by atoms with Crippen molar-refractivity contribution in [3.05, 3.63) is 36.3 Å². The second-order valence-electron chi connectivity index (χ2n) is 3.00. The SMILES string of the molecule is Cn1nccc1-c1cc(O)ccc1F. The number of benzene rings is 1. The molecule has 1 aromatic heterocycles. The molecule has 0 amide bonds. The number of phenolic OH excluding ortho intramolecular Hbond substituents is 1. The van der Waals surface area contributed by atoms with E-state index in [0.717, 1.165) is 0 Å². The number of aromatic hydroxyl groups is 1. The molecule has 4 heteroatoms. The third-order valence-electron chi connectivity index (χ3n) is 2.05. The largest absolute Gasteiger partial charge is 0.508 e. The number of hydrogen-bond acceptors (Lipinski definition) is 2. The fourth-order valence-corrected chi connectivity index (χ4v) is 1.35. The first kappa shape index (κ1) is 8.74. The van der Waals surface area contributed by atoms with Crippen LogP contribution in [-0.2, 0) is 7.05 Å². The molecule has 72 valence electrons. The lowest BCUT2D eigenvalue weighted by Crippen LogP contribution is -1.95. The van der Waals surface area contributed by atoms with Crippen LogP contribution in [0.3, 0.4) is 0 Å². The van der Waals surface area contributed by atoms with Gasteiger partial charge in [-0.25, -0.2) is 4.39 Å². The van der Waals surface area contributed by atoms with Crippen LogP contribution in [-0.4, -0.2) is 14.9 Å². The molecule has 3 nitrogen and oxygen atoms in total. The number of halogens is 1. The average molecular weight is 192 g/mol. The van der Waals surface area contributed by atoms with Crippen LogP contribution in [0, 0.1) is 5.82 Å². The Balaban J connectivity index is 2.62. The molecule has 1 heterocycles. The van der Waals surface area contributed by atoms with Crippen LogP contribution in [0.4, 0.5) is 4.39 Å². The van der Waals surface area contributed by atoms with E-state index in [2.05, 4.69) is 5.10 Å². The molecule has 14 heavy (non-hydrogen) atoms. The van der Waals surface area contributed by atoms with Gasteiger partial charge in [0, 0.05) is 18.8 Å². The van der Waals surface area contributed by atoms with Crippen molar-refractivity contribution >= 4 is 0 Å². The Morgan fingerprint density at radius 3 is 2.79 bits per heavy atom. The van der Waals surface area contributed by atoms with E-state index in [0.29, 0.717) is 11.3 Å². The summed E-state index contributed by atoms with van der Waals surface area (Å²) in [5.74, 6) is -0.325. The first-order chi connectivity index (χ1) is 6.68. The number of aryl methyl sites for hydroxylation is 1. The first-order valence-corrected chi connectivity index (χ1v) is 4.15. The molecule has 0 atom stereocenters.